The summed E-state index contributed by atoms with van der Waals surface area (Å²) in [5.41, 5.74) is 1.24. The smallest absolute Gasteiger partial charge is 0.339 e. The lowest BCUT2D eigenvalue weighted by Crippen LogP contribution is -2.40. The Morgan fingerprint density at radius 1 is 1.12 bits per heavy atom. The molecule has 210 valence electrons. The topological polar surface area (TPSA) is 108 Å². The molecule has 40 heavy (non-hydrogen) atoms. The van der Waals surface area contributed by atoms with Gasteiger partial charge in [0.1, 0.15) is 22.8 Å². The highest BCUT2D eigenvalue weighted by molar-refractivity contribution is 6.30. The maximum Gasteiger partial charge on any atom is 0.339 e. The van der Waals surface area contributed by atoms with E-state index >= 15 is 4.39 Å². The van der Waals surface area contributed by atoms with Gasteiger partial charge in [0.2, 0.25) is 0 Å². The highest BCUT2D eigenvalue weighted by Crippen LogP contribution is 2.36. The summed E-state index contributed by atoms with van der Waals surface area (Å²) in [4.78, 5) is 11.7. The molecule has 4 atom stereocenters. The molecular weight excluding hydrogens is 544 g/mol. The summed E-state index contributed by atoms with van der Waals surface area (Å²) >= 11 is 5.89. The number of benzene rings is 3. The fourth-order valence-electron chi connectivity index (χ4n) is 4.10. The van der Waals surface area contributed by atoms with Crippen molar-refractivity contribution in [3.63, 3.8) is 0 Å². The maximum atomic E-state index is 15.3. The third-order valence-corrected chi connectivity index (χ3v) is 6.63. The molecule has 0 bridgehead atoms. The van der Waals surface area contributed by atoms with Crippen LogP contribution in [0.5, 0.6) is 17.2 Å². The molecule has 3 aromatic carbocycles. The lowest BCUT2D eigenvalue weighted by Gasteiger charge is -2.28. The number of allylic oxidation sites excluding steroid dienone is 2. The Morgan fingerprint density at radius 3 is 2.48 bits per heavy atom. The van der Waals surface area contributed by atoms with E-state index in [9.17, 15) is 24.5 Å². The number of hydrogen-bond donors (Lipinski definition) is 4. The van der Waals surface area contributed by atoms with Gasteiger partial charge in [-0.2, -0.15) is 0 Å². The number of aromatic carboxylic acids is 1. The van der Waals surface area contributed by atoms with Crippen molar-refractivity contribution in [1.82, 2.24) is 5.32 Å². The Hall–Kier alpha value is -3.76. The number of aromatic hydroxyl groups is 1. The number of aliphatic hydroxyl groups is 1. The minimum absolute atomic E-state index is 0.0278. The van der Waals surface area contributed by atoms with E-state index < -0.39 is 30.1 Å². The fraction of sp³-hybridized carbons (Fsp3) is 0.233. The Kier molecular flexibility index (Phi) is 9.21. The lowest BCUT2D eigenvalue weighted by molar-refractivity contribution is -0.139. The van der Waals surface area contributed by atoms with Crippen molar-refractivity contribution >= 4 is 23.1 Å². The van der Waals surface area contributed by atoms with Crippen LogP contribution < -0.4 is 10.1 Å². The summed E-state index contributed by atoms with van der Waals surface area (Å²) in [5, 5.41) is 32.9. The van der Waals surface area contributed by atoms with Gasteiger partial charge < -0.3 is 30.1 Å². The zero-order chi connectivity index (χ0) is 28.9. The molecule has 2 unspecified atom stereocenters. The molecule has 0 radical (unpaired) electrons. The molecule has 0 fully saturated rings. The van der Waals surface area contributed by atoms with Crippen molar-refractivity contribution in [3.8, 4) is 17.2 Å². The molecule has 1 aliphatic rings. The number of alkyl halides is 2. The van der Waals surface area contributed by atoms with E-state index in [2.05, 4.69) is 5.32 Å². The maximum absolute atomic E-state index is 15.3. The number of halogens is 3. The molecule has 10 heteroatoms. The van der Waals surface area contributed by atoms with Crippen LogP contribution in [0.1, 0.15) is 34.5 Å². The molecule has 0 aromatic heterocycles. The predicted molar refractivity (Wildman–Crippen MR) is 147 cm³/mol. The molecule has 4 rings (SSSR count). The van der Waals surface area contributed by atoms with Gasteiger partial charge in [-0.05, 0) is 84.3 Å². The summed E-state index contributed by atoms with van der Waals surface area (Å²) in [6, 6.07) is 16.3. The van der Waals surface area contributed by atoms with Crippen LogP contribution in [-0.2, 0) is 4.74 Å². The van der Waals surface area contributed by atoms with Gasteiger partial charge in [0.15, 0.2) is 6.17 Å². The van der Waals surface area contributed by atoms with Gasteiger partial charge in [0.05, 0.1) is 12.7 Å². The zero-order valence-electron chi connectivity index (χ0n) is 21.4. The Morgan fingerprint density at radius 2 is 1.82 bits per heavy atom. The molecule has 0 spiro atoms. The second kappa shape index (κ2) is 12.6. The normalized spacial score (nSPS) is 20.0. The van der Waals surface area contributed by atoms with Crippen LogP contribution in [0.2, 0.25) is 5.02 Å². The van der Waals surface area contributed by atoms with E-state index in [-0.39, 0.29) is 30.2 Å². The average molecular weight is 572 g/mol. The lowest BCUT2D eigenvalue weighted by atomic mass is 9.95. The summed E-state index contributed by atoms with van der Waals surface area (Å²) in [6.45, 7) is 1.70. The number of carboxylic acid groups (broad SMARTS) is 1. The SMILES string of the molecule is C[C@@H](NCCOC1(F)C=CC(c2ccc(C(=O)O)c(Oc3ccc(Cl)cc3)c2)=CC1F)[C@@H](O)c1ccc(O)cc1. The van der Waals surface area contributed by atoms with Gasteiger partial charge in [-0.25, -0.2) is 13.6 Å². The van der Waals surface area contributed by atoms with Crippen molar-refractivity contribution < 1.29 is 38.4 Å². The Labute approximate surface area is 234 Å². The van der Waals surface area contributed by atoms with Crippen LogP contribution in [0.4, 0.5) is 8.78 Å². The predicted octanol–water partition coefficient (Wildman–Crippen LogP) is 6.22. The van der Waals surface area contributed by atoms with Gasteiger partial charge >= 0.3 is 5.97 Å². The number of hydrogen-bond acceptors (Lipinski definition) is 6. The molecule has 7 nitrogen and oxygen atoms in total. The number of phenols is 1. The van der Waals surface area contributed by atoms with Gasteiger partial charge in [0, 0.05) is 17.6 Å². The number of aliphatic hydroxyl groups excluding tert-OH is 1. The van der Waals surface area contributed by atoms with E-state index in [1.165, 1.54) is 36.4 Å². The van der Waals surface area contributed by atoms with E-state index in [4.69, 9.17) is 21.1 Å². The van der Waals surface area contributed by atoms with Crippen molar-refractivity contribution in [2.24, 2.45) is 0 Å². The minimum Gasteiger partial charge on any atom is -0.508 e. The van der Waals surface area contributed by atoms with Gasteiger partial charge in [0.25, 0.3) is 5.85 Å². The van der Waals surface area contributed by atoms with Gasteiger partial charge in [-0.15, -0.1) is 0 Å². The number of rotatable bonds is 11. The molecule has 0 heterocycles. The third kappa shape index (κ3) is 7.05. The van der Waals surface area contributed by atoms with E-state index in [0.717, 1.165) is 12.2 Å². The molecule has 0 saturated carbocycles. The van der Waals surface area contributed by atoms with Crippen LogP contribution in [0.25, 0.3) is 5.57 Å². The number of carboxylic acids is 1. The highest BCUT2D eigenvalue weighted by atomic mass is 35.5. The number of phenolic OH excluding ortho intramolecular Hbond substituents is 1. The first-order chi connectivity index (χ1) is 19.1. The van der Waals surface area contributed by atoms with Crippen molar-refractivity contribution in [2.75, 3.05) is 13.2 Å². The van der Waals surface area contributed by atoms with Crippen LogP contribution in [0, 0.1) is 0 Å². The molecule has 0 saturated heterocycles. The summed E-state index contributed by atoms with van der Waals surface area (Å²) in [5.74, 6) is -3.44. The van der Waals surface area contributed by atoms with E-state index in [1.807, 2.05) is 0 Å². The van der Waals surface area contributed by atoms with Crippen LogP contribution in [0.3, 0.4) is 0 Å². The third-order valence-electron chi connectivity index (χ3n) is 6.38. The first-order valence-electron chi connectivity index (χ1n) is 12.5. The number of carbonyl (C=O) groups is 1. The average Bonchev–Trinajstić information content (AvgIpc) is 2.94. The second-order valence-electron chi connectivity index (χ2n) is 9.25. The summed E-state index contributed by atoms with van der Waals surface area (Å²) in [7, 11) is 0. The van der Waals surface area contributed by atoms with Crippen LogP contribution in [-0.4, -0.2) is 52.5 Å². The quantitative estimate of drug-likeness (QED) is 0.202. The van der Waals surface area contributed by atoms with Gasteiger partial charge in [-0.3, -0.25) is 0 Å². The second-order valence-corrected chi connectivity index (χ2v) is 9.69. The molecule has 0 amide bonds. The van der Waals surface area contributed by atoms with Crippen LogP contribution in [0.15, 0.2) is 85.0 Å². The van der Waals surface area contributed by atoms with Crippen LogP contribution >= 0.6 is 11.6 Å². The summed E-state index contributed by atoms with van der Waals surface area (Å²) < 4.78 is 41.2. The Balaban J connectivity index is 1.38. The first-order valence-corrected chi connectivity index (χ1v) is 12.8. The molecule has 1 aliphatic carbocycles. The number of ether oxygens (including phenoxy) is 2. The van der Waals surface area contributed by atoms with Crippen molar-refractivity contribution in [1.29, 1.82) is 0 Å². The largest absolute Gasteiger partial charge is 0.508 e. The molecule has 0 aliphatic heterocycles. The van der Waals surface area contributed by atoms with E-state index in [1.54, 1.807) is 43.3 Å². The fourth-order valence-corrected chi connectivity index (χ4v) is 4.23. The van der Waals surface area contributed by atoms with Crippen molar-refractivity contribution in [3.05, 3.63) is 107 Å². The first kappa shape index (κ1) is 29.2. The standard InChI is InChI=1S/C30H28ClF2NO6/c1-18(28(36)19-2-7-23(35)8-3-19)34-14-15-39-30(33)13-12-21(17-27(30)32)20-4-11-25(29(37)38)26(16-20)40-24-9-5-22(31)6-10-24/h2-13,16-18,27-28,34-36H,14-15H2,1H3,(H,37,38)/t18-,27?,28-,30?/m1/s1. The summed E-state index contributed by atoms with van der Waals surface area (Å²) in [6.07, 6.45) is 0.393. The minimum atomic E-state index is -2.70. The van der Waals surface area contributed by atoms with Gasteiger partial charge in [-0.1, -0.05) is 35.9 Å². The molecule has 4 N–H and O–H groups in total. The zero-order valence-corrected chi connectivity index (χ0v) is 22.2. The van der Waals surface area contributed by atoms with E-state index in [0.29, 0.717) is 27.5 Å². The highest BCUT2D eigenvalue weighted by Gasteiger charge is 2.39. The molecular formula is C30H28ClF2NO6. The van der Waals surface area contributed by atoms with Crippen molar-refractivity contribution in [2.45, 2.75) is 31.1 Å². The number of nitrogens with one attached hydrogen (secondary N) is 1. The molecule has 3 aromatic rings. The Bertz CT molecular complexity index is 1400. The monoisotopic (exact) mass is 571 g/mol.